The third-order valence-corrected chi connectivity index (χ3v) is 3.60. The minimum Gasteiger partial charge on any atom is -0.468 e. The van der Waals surface area contributed by atoms with Crippen molar-refractivity contribution in [2.75, 3.05) is 25.6 Å². The number of carbonyl (C=O) groups is 1. The van der Waals surface area contributed by atoms with Gasteiger partial charge < -0.3 is 15.4 Å². The van der Waals surface area contributed by atoms with Crippen LogP contribution < -0.4 is 10.6 Å². The fraction of sp³-hybridized carbons (Fsp3) is 0.562. The SMILES string of the molecule is COC(=O)C(C)(N)CCCN(C)c1ccc(C)cc1C. The fourth-order valence-electron chi connectivity index (χ4n) is 2.37. The number of carbonyl (C=O) groups excluding carboxylic acids is 1. The van der Waals surface area contributed by atoms with Crippen molar-refractivity contribution in [3.63, 3.8) is 0 Å². The molecule has 1 rings (SSSR count). The minimum absolute atomic E-state index is 0.355. The average Bonchev–Trinajstić information content (AvgIpc) is 2.37. The van der Waals surface area contributed by atoms with Crippen LogP contribution in [0.3, 0.4) is 0 Å². The molecule has 1 aromatic carbocycles. The maximum Gasteiger partial charge on any atom is 0.325 e. The highest BCUT2D eigenvalue weighted by Crippen LogP contribution is 2.21. The Hall–Kier alpha value is -1.55. The van der Waals surface area contributed by atoms with E-state index in [9.17, 15) is 4.79 Å². The van der Waals surface area contributed by atoms with Gasteiger partial charge in [0, 0.05) is 19.3 Å². The lowest BCUT2D eigenvalue weighted by Crippen LogP contribution is -2.46. The van der Waals surface area contributed by atoms with Gasteiger partial charge in [-0.3, -0.25) is 4.79 Å². The van der Waals surface area contributed by atoms with E-state index in [0.717, 1.165) is 13.0 Å². The number of anilines is 1. The van der Waals surface area contributed by atoms with Crippen LogP contribution in [0, 0.1) is 13.8 Å². The highest BCUT2D eigenvalue weighted by Gasteiger charge is 2.28. The van der Waals surface area contributed by atoms with Crippen LogP contribution >= 0.6 is 0 Å². The smallest absolute Gasteiger partial charge is 0.325 e. The zero-order valence-electron chi connectivity index (χ0n) is 13.2. The van der Waals surface area contributed by atoms with E-state index in [1.807, 2.05) is 0 Å². The molecular formula is C16H26N2O2. The number of nitrogens with zero attached hydrogens (tertiary/aromatic N) is 1. The highest BCUT2D eigenvalue weighted by atomic mass is 16.5. The van der Waals surface area contributed by atoms with Gasteiger partial charge in [0.05, 0.1) is 7.11 Å². The van der Waals surface area contributed by atoms with Gasteiger partial charge in [-0.15, -0.1) is 0 Å². The first-order chi connectivity index (χ1) is 9.27. The van der Waals surface area contributed by atoms with Crippen molar-refractivity contribution in [1.29, 1.82) is 0 Å². The van der Waals surface area contributed by atoms with Crippen molar-refractivity contribution >= 4 is 11.7 Å². The number of esters is 1. The maximum atomic E-state index is 11.5. The van der Waals surface area contributed by atoms with Crippen LogP contribution in [0.5, 0.6) is 0 Å². The molecule has 0 aliphatic heterocycles. The first-order valence-electron chi connectivity index (χ1n) is 6.93. The molecule has 20 heavy (non-hydrogen) atoms. The van der Waals surface area contributed by atoms with Crippen LogP contribution in [0.25, 0.3) is 0 Å². The topological polar surface area (TPSA) is 55.6 Å². The highest BCUT2D eigenvalue weighted by molar-refractivity contribution is 5.79. The van der Waals surface area contributed by atoms with Gasteiger partial charge in [-0.1, -0.05) is 17.7 Å². The summed E-state index contributed by atoms with van der Waals surface area (Å²) < 4.78 is 4.71. The molecule has 1 aromatic rings. The number of hydrogen-bond donors (Lipinski definition) is 1. The molecule has 0 bridgehead atoms. The quantitative estimate of drug-likeness (QED) is 0.812. The van der Waals surface area contributed by atoms with E-state index in [2.05, 4.69) is 44.0 Å². The lowest BCUT2D eigenvalue weighted by atomic mass is 9.97. The molecule has 112 valence electrons. The van der Waals surface area contributed by atoms with E-state index in [-0.39, 0.29) is 5.97 Å². The normalized spacial score (nSPS) is 13.7. The number of nitrogens with two attached hydrogens (primary N) is 1. The molecule has 1 atom stereocenters. The first-order valence-corrected chi connectivity index (χ1v) is 6.93. The van der Waals surface area contributed by atoms with Gasteiger partial charge >= 0.3 is 5.97 Å². The zero-order valence-corrected chi connectivity index (χ0v) is 13.2. The lowest BCUT2D eigenvalue weighted by Gasteiger charge is -2.25. The Bertz CT molecular complexity index is 470. The number of hydrogen-bond acceptors (Lipinski definition) is 4. The van der Waals surface area contributed by atoms with Crippen molar-refractivity contribution in [2.45, 2.75) is 39.2 Å². The van der Waals surface area contributed by atoms with Crippen molar-refractivity contribution in [2.24, 2.45) is 5.73 Å². The molecule has 0 heterocycles. The van der Waals surface area contributed by atoms with Gasteiger partial charge in [-0.25, -0.2) is 0 Å². The van der Waals surface area contributed by atoms with Crippen molar-refractivity contribution in [1.82, 2.24) is 0 Å². The number of benzene rings is 1. The molecule has 1 unspecified atom stereocenters. The van der Waals surface area contributed by atoms with E-state index in [0.29, 0.717) is 6.42 Å². The Labute approximate surface area is 121 Å². The van der Waals surface area contributed by atoms with E-state index in [4.69, 9.17) is 10.5 Å². The summed E-state index contributed by atoms with van der Waals surface area (Å²) in [6.07, 6.45) is 1.45. The average molecular weight is 278 g/mol. The zero-order chi connectivity index (χ0) is 15.3. The lowest BCUT2D eigenvalue weighted by molar-refractivity contribution is -0.146. The molecule has 0 radical (unpaired) electrons. The molecule has 0 aromatic heterocycles. The monoisotopic (exact) mass is 278 g/mol. The van der Waals surface area contributed by atoms with E-state index in [1.165, 1.54) is 23.9 Å². The second-order valence-electron chi connectivity index (χ2n) is 5.72. The summed E-state index contributed by atoms with van der Waals surface area (Å²) in [5.41, 5.74) is 8.79. The van der Waals surface area contributed by atoms with Crippen molar-refractivity contribution < 1.29 is 9.53 Å². The van der Waals surface area contributed by atoms with Crippen LogP contribution in [-0.2, 0) is 9.53 Å². The summed E-state index contributed by atoms with van der Waals surface area (Å²) in [5.74, 6) is -0.355. The van der Waals surface area contributed by atoms with Crippen LogP contribution in [0.4, 0.5) is 5.69 Å². The molecule has 0 aliphatic carbocycles. The molecule has 0 amide bonds. The largest absolute Gasteiger partial charge is 0.468 e. The Morgan fingerprint density at radius 2 is 2.05 bits per heavy atom. The van der Waals surface area contributed by atoms with Crippen LogP contribution in [0.15, 0.2) is 18.2 Å². The van der Waals surface area contributed by atoms with Gasteiger partial charge in [0.25, 0.3) is 0 Å². The Morgan fingerprint density at radius 3 is 2.60 bits per heavy atom. The standard InChI is InChI=1S/C16H26N2O2/c1-12-7-8-14(13(2)11-12)18(4)10-6-9-16(3,17)15(19)20-5/h7-8,11H,6,9-10,17H2,1-5H3. The van der Waals surface area contributed by atoms with E-state index in [1.54, 1.807) is 6.92 Å². The molecule has 0 aliphatic rings. The summed E-state index contributed by atoms with van der Waals surface area (Å²) >= 11 is 0. The van der Waals surface area contributed by atoms with Crippen LogP contribution in [-0.4, -0.2) is 32.2 Å². The molecule has 4 nitrogen and oxygen atoms in total. The maximum absolute atomic E-state index is 11.5. The van der Waals surface area contributed by atoms with Gasteiger partial charge in [-0.2, -0.15) is 0 Å². The van der Waals surface area contributed by atoms with Gasteiger partial charge in [0.15, 0.2) is 0 Å². The van der Waals surface area contributed by atoms with Crippen molar-refractivity contribution in [3.8, 4) is 0 Å². The molecule has 0 saturated carbocycles. The number of methoxy groups -OCH3 is 1. The Morgan fingerprint density at radius 1 is 1.40 bits per heavy atom. The van der Waals surface area contributed by atoms with Gasteiger partial charge in [0.2, 0.25) is 0 Å². The third kappa shape index (κ3) is 4.23. The molecule has 0 spiro atoms. The van der Waals surface area contributed by atoms with Crippen LogP contribution in [0.2, 0.25) is 0 Å². The second kappa shape index (κ2) is 6.75. The van der Waals surface area contributed by atoms with Gasteiger partial charge in [-0.05, 0) is 45.2 Å². The molecule has 4 heteroatoms. The summed E-state index contributed by atoms with van der Waals surface area (Å²) in [5, 5.41) is 0. The molecular weight excluding hydrogens is 252 g/mol. The van der Waals surface area contributed by atoms with Crippen molar-refractivity contribution in [3.05, 3.63) is 29.3 Å². The Kier molecular flexibility index (Phi) is 5.57. The summed E-state index contributed by atoms with van der Waals surface area (Å²) in [4.78, 5) is 13.7. The molecule has 0 saturated heterocycles. The first kappa shape index (κ1) is 16.5. The van der Waals surface area contributed by atoms with E-state index >= 15 is 0 Å². The number of rotatable bonds is 6. The van der Waals surface area contributed by atoms with E-state index < -0.39 is 5.54 Å². The summed E-state index contributed by atoms with van der Waals surface area (Å²) in [6, 6.07) is 6.42. The summed E-state index contributed by atoms with van der Waals surface area (Å²) in [7, 11) is 3.43. The molecule has 2 N–H and O–H groups in total. The summed E-state index contributed by atoms with van der Waals surface area (Å²) in [6.45, 7) is 6.77. The number of aryl methyl sites for hydroxylation is 2. The predicted octanol–water partition coefficient (Wildman–Crippen LogP) is 2.41. The van der Waals surface area contributed by atoms with Gasteiger partial charge in [0.1, 0.15) is 5.54 Å². The molecule has 0 fully saturated rings. The second-order valence-corrected chi connectivity index (χ2v) is 5.72. The van der Waals surface area contributed by atoms with Crippen LogP contribution in [0.1, 0.15) is 30.9 Å². The number of ether oxygens (including phenoxy) is 1. The minimum atomic E-state index is -0.905. The Balaban J connectivity index is 2.55. The fourth-order valence-corrected chi connectivity index (χ4v) is 2.37. The third-order valence-electron chi connectivity index (χ3n) is 3.60. The predicted molar refractivity (Wildman–Crippen MR) is 83.0 cm³/mol.